The van der Waals surface area contributed by atoms with Crippen LogP contribution in [0, 0.1) is 0 Å². The second kappa shape index (κ2) is 10.8. The number of hydrogen-bond acceptors (Lipinski definition) is 6. The summed E-state index contributed by atoms with van der Waals surface area (Å²) in [5.41, 5.74) is 4.33. The van der Waals surface area contributed by atoms with Gasteiger partial charge in [0.05, 0.1) is 11.4 Å². The van der Waals surface area contributed by atoms with Gasteiger partial charge in [0, 0.05) is 36.8 Å². The lowest BCUT2D eigenvalue weighted by Crippen LogP contribution is -2.32. The van der Waals surface area contributed by atoms with Crippen LogP contribution in [-0.2, 0) is 17.8 Å². The fraction of sp³-hybridized carbons (Fsp3) is 0.348. The van der Waals surface area contributed by atoms with E-state index in [1.165, 1.54) is 28.8 Å². The van der Waals surface area contributed by atoms with Crippen molar-refractivity contribution in [2.24, 2.45) is 0 Å². The third kappa shape index (κ3) is 5.70. The Morgan fingerprint density at radius 2 is 1.84 bits per heavy atom. The van der Waals surface area contributed by atoms with Crippen molar-refractivity contribution in [3.05, 3.63) is 66.0 Å². The molecule has 1 aromatic heterocycles. The summed E-state index contributed by atoms with van der Waals surface area (Å²) in [6.45, 7) is 5.19. The van der Waals surface area contributed by atoms with E-state index in [0.29, 0.717) is 0 Å². The topological polar surface area (TPSA) is 63.1 Å². The van der Waals surface area contributed by atoms with Gasteiger partial charge in [-0.3, -0.25) is 14.3 Å². The minimum absolute atomic E-state index is 0.0371. The molecule has 0 aliphatic carbocycles. The Hall–Kier alpha value is -2.29. The molecule has 0 atom stereocenters. The Bertz CT molecular complexity index is 1020. The van der Waals surface area contributed by atoms with Crippen LogP contribution in [0.15, 0.2) is 60.0 Å². The molecule has 1 amide bonds. The maximum Gasteiger partial charge on any atom is 0.234 e. The van der Waals surface area contributed by atoms with Crippen molar-refractivity contribution in [3.8, 4) is 5.69 Å². The first-order valence-electron chi connectivity index (χ1n) is 10.5. The first-order chi connectivity index (χ1) is 15.2. The lowest BCUT2D eigenvalue weighted by atomic mass is 10.1. The van der Waals surface area contributed by atoms with E-state index in [4.69, 9.17) is 0 Å². The predicted molar refractivity (Wildman–Crippen MR) is 129 cm³/mol. The molecule has 8 heteroatoms. The van der Waals surface area contributed by atoms with Crippen molar-refractivity contribution in [3.63, 3.8) is 0 Å². The van der Waals surface area contributed by atoms with Crippen molar-refractivity contribution in [1.82, 2.24) is 19.7 Å². The molecule has 1 aliphatic heterocycles. The molecule has 1 fully saturated rings. The van der Waals surface area contributed by atoms with Gasteiger partial charge in [-0.15, -0.1) is 10.2 Å². The number of anilines is 1. The van der Waals surface area contributed by atoms with E-state index in [2.05, 4.69) is 45.5 Å². The number of aryl methyl sites for hydroxylation is 1. The highest BCUT2D eigenvalue weighted by atomic mass is 32.2. The Balaban J connectivity index is 1.39. The molecule has 0 saturated carbocycles. The maximum atomic E-state index is 12.7. The van der Waals surface area contributed by atoms with Crippen LogP contribution in [0.2, 0.25) is 0 Å². The number of aromatic nitrogens is 3. The Kier molecular flexibility index (Phi) is 7.66. The van der Waals surface area contributed by atoms with Gasteiger partial charge in [-0.25, -0.2) is 0 Å². The number of para-hydroxylation sites is 2. The summed E-state index contributed by atoms with van der Waals surface area (Å²) in [5, 5.41) is 12.1. The molecule has 2 aromatic carbocycles. The normalized spacial score (nSPS) is 14.5. The van der Waals surface area contributed by atoms with Gasteiger partial charge in [-0.1, -0.05) is 55.1 Å². The Morgan fingerprint density at radius 3 is 2.65 bits per heavy atom. The van der Waals surface area contributed by atoms with E-state index in [9.17, 15) is 4.79 Å². The number of carbonyl (C=O) groups is 1. The summed E-state index contributed by atoms with van der Waals surface area (Å²) in [4.78, 5) is 15.2. The van der Waals surface area contributed by atoms with E-state index in [1.807, 2.05) is 46.7 Å². The van der Waals surface area contributed by atoms with Crippen LogP contribution >= 0.6 is 23.5 Å². The van der Waals surface area contributed by atoms with Crippen molar-refractivity contribution < 1.29 is 4.79 Å². The second-order valence-electron chi connectivity index (χ2n) is 7.35. The summed E-state index contributed by atoms with van der Waals surface area (Å²) in [5.74, 6) is 2.59. The highest BCUT2D eigenvalue weighted by Gasteiger charge is 2.15. The van der Waals surface area contributed by atoms with Gasteiger partial charge in [0.1, 0.15) is 6.33 Å². The summed E-state index contributed by atoms with van der Waals surface area (Å²) >= 11 is 3.40. The van der Waals surface area contributed by atoms with Crippen LogP contribution in [0.5, 0.6) is 0 Å². The highest BCUT2D eigenvalue weighted by Crippen LogP contribution is 2.24. The van der Waals surface area contributed by atoms with Gasteiger partial charge in [0.25, 0.3) is 0 Å². The molecule has 0 bridgehead atoms. The Morgan fingerprint density at radius 1 is 1.10 bits per heavy atom. The maximum absolute atomic E-state index is 12.7. The van der Waals surface area contributed by atoms with Gasteiger partial charge in [0.2, 0.25) is 5.91 Å². The van der Waals surface area contributed by atoms with Crippen molar-refractivity contribution in [1.29, 1.82) is 0 Å². The summed E-state index contributed by atoms with van der Waals surface area (Å²) in [6.07, 6.45) is 2.63. The molecule has 0 unspecified atom stereocenters. The van der Waals surface area contributed by atoms with Gasteiger partial charge in [0.15, 0.2) is 5.16 Å². The van der Waals surface area contributed by atoms with Crippen molar-refractivity contribution in [2.75, 3.05) is 35.7 Å². The van der Waals surface area contributed by atoms with Crippen LogP contribution < -0.4 is 5.32 Å². The summed E-state index contributed by atoms with van der Waals surface area (Å²) in [6, 6.07) is 16.3. The molecule has 1 saturated heterocycles. The number of nitrogens with one attached hydrogen (secondary N) is 1. The molecular weight excluding hydrogens is 426 g/mol. The van der Waals surface area contributed by atoms with Gasteiger partial charge in [-0.05, 0) is 29.7 Å². The van der Waals surface area contributed by atoms with E-state index in [1.54, 1.807) is 6.33 Å². The van der Waals surface area contributed by atoms with E-state index < -0.39 is 0 Å². The van der Waals surface area contributed by atoms with Crippen molar-refractivity contribution >= 4 is 35.1 Å². The molecular formula is C23H27N5OS2. The lowest BCUT2D eigenvalue weighted by Gasteiger charge is -2.27. The third-order valence-electron chi connectivity index (χ3n) is 5.27. The number of amides is 1. The second-order valence-corrected chi connectivity index (χ2v) is 9.52. The van der Waals surface area contributed by atoms with Crippen LogP contribution in [0.1, 0.15) is 18.1 Å². The fourth-order valence-electron chi connectivity index (χ4n) is 3.63. The van der Waals surface area contributed by atoms with E-state index in [-0.39, 0.29) is 11.7 Å². The van der Waals surface area contributed by atoms with Crippen LogP contribution in [0.4, 0.5) is 5.69 Å². The average Bonchev–Trinajstić information content (AvgIpc) is 3.28. The van der Waals surface area contributed by atoms with Gasteiger partial charge < -0.3 is 5.32 Å². The molecule has 31 heavy (non-hydrogen) atoms. The third-order valence-corrected chi connectivity index (χ3v) is 7.16. The van der Waals surface area contributed by atoms with Crippen LogP contribution in [0.25, 0.3) is 5.69 Å². The first-order valence-corrected chi connectivity index (χ1v) is 12.7. The molecule has 6 nitrogen and oxygen atoms in total. The average molecular weight is 454 g/mol. The zero-order valence-electron chi connectivity index (χ0n) is 17.7. The van der Waals surface area contributed by atoms with Crippen molar-refractivity contribution in [2.45, 2.75) is 25.0 Å². The molecule has 1 N–H and O–H groups in total. The van der Waals surface area contributed by atoms with Gasteiger partial charge >= 0.3 is 0 Å². The highest BCUT2D eigenvalue weighted by molar-refractivity contribution is 7.99. The number of rotatable bonds is 8. The molecule has 0 radical (unpaired) electrons. The number of hydrogen-bond donors (Lipinski definition) is 1. The van der Waals surface area contributed by atoms with E-state index >= 15 is 0 Å². The fourth-order valence-corrected chi connectivity index (χ4v) is 5.33. The quantitative estimate of drug-likeness (QED) is 0.518. The van der Waals surface area contributed by atoms with Crippen LogP contribution in [0.3, 0.4) is 0 Å². The number of thioether (sulfide) groups is 2. The molecule has 4 rings (SSSR count). The Labute approximate surface area is 191 Å². The largest absolute Gasteiger partial charge is 0.325 e. The smallest absolute Gasteiger partial charge is 0.234 e. The summed E-state index contributed by atoms with van der Waals surface area (Å²) in [7, 11) is 0. The first kappa shape index (κ1) is 21.9. The molecule has 3 aromatic rings. The zero-order chi connectivity index (χ0) is 21.5. The molecule has 1 aliphatic rings. The predicted octanol–water partition coefficient (Wildman–Crippen LogP) is 4.11. The lowest BCUT2D eigenvalue weighted by molar-refractivity contribution is -0.113. The zero-order valence-corrected chi connectivity index (χ0v) is 19.3. The van der Waals surface area contributed by atoms with Gasteiger partial charge in [-0.2, -0.15) is 11.8 Å². The molecule has 162 valence electrons. The monoisotopic (exact) mass is 453 g/mol. The molecule has 0 spiro atoms. The minimum atomic E-state index is -0.0371. The standard InChI is InChI=1S/C23H27N5OS2/c1-2-18-7-4-6-10-21(18)28-17-24-26-23(28)31-16-22(29)25-20-9-5-3-8-19(20)15-27-11-13-30-14-12-27/h3-10,17H,2,11-16H2,1H3,(H,25,29). The SMILES string of the molecule is CCc1ccccc1-n1cnnc1SCC(=O)Nc1ccccc1CN1CCSCC1. The summed E-state index contributed by atoms with van der Waals surface area (Å²) < 4.78 is 1.96. The van der Waals surface area contributed by atoms with E-state index in [0.717, 1.165) is 48.1 Å². The number of carbonyl (C=O) groups excluding carboxylic acids is 1. The number of nitrogens with zero attached hydrogens (tertiary/aromatic N) is 4. The molecule has 2 heterocycles. The minimum Gasteiger partial charge on any atom is -0.325 e. The van der Waals surface area contributed by atoms with Crippen LogP contribution in [-0.4, -0.2) is 55.9 Å². The number of benzene rings is 2.